The van der Waals surface area contributed by atoms with Gasteiger partial charge in [-0.3, -0.25) is 0 Å². The maximum atomic E-state index is 5.42. The summed E-state index contributed by atoms with van der Waals surface area (Å²) < 4.78 is 5.42. The molecule has 1 aliphatic heterocycles. The Morgan fingerprint density at radius 3 is 2.89 bits per heavy atom. The molecule has 0 amide bonds. The monoisotopic (exact) mass is 250 g/mol. The Morgan fingerprint density at radius 2 is 2.17 bits per heavy atom. The fourth-order valence-corrected chi connectivity index (χ4v) is 2.16. The van der Waals surface area contributed by atoms with Gasteiger partial charge in [0.25, 0.3) is 0 Å². The lowest BCUT2D eigenvalue weighted by Crippen LogP contribution is -2.31. The minimum atomic E-state index is 0.629. The lowest BCUT2D eigenvalue weighted by atomic mass is 9.98. The molecular weight excluding hydrogens is 228 g/mol. The molecule has 1 aromatic heterocycles. The quantitative estimate of drug-likeness (QED) is 0.831. The van der Waals surface area contributed by atoms with E-state index in [0.717, 1.165) is 25.3 Å². The molecule has 2 N–H and O–H groups in total. The van der Waals surface area contributed by atoms with Gasteiger partial charge in [-0.1, -0.05) is 0 Å². The topological polar surface area (TPSA) is 59.1 Å². The summed E-state index contributed by atoms with van der Waals surface area (Å²) >= 11 is 0. The summed E-state index contributed by atoms with van der Waals surface area (Å²) in [6.07, 6.45) is 2.44. The van der Waals surface area contributed by atoms with Crippen LogP contribution in [0.5, 0.6) is 5.88 Å². The van der Waals surface area contributed by atoms with Crippen LogP contribution in [0.4, 0.5) is 5.95 Å². The molecule has 18 heavy (non-hydrogen) atoms. The average molecular weight is 250 g/mol. The van der Waals surface area contributed by atoms with E-state index >= 15 is 0 Å². The van der Waals surface area contributed by atoms with Gasteiger partial charge in [-0.2, -0.15) is 4.98 Å². The zero-order valence-electron chi connectivity index (χ0n) is 11.2. The van der Waals surface area contributed by atoms with Crippen LogP contribution in [0.15, 0.2) is 6.07 Å². The van der Waals surface area contributed by atoms with Crippen molar-refractivity contribution < 1.29 is 4.74 Å². The molecule has 0 unspecified atom stereocenters. The predicted molar refractivity (Wildman–Crippen MR) is 72.0 cm³/mol. The Hall–Kier alpha value is -1.36. The van der Waals surface area contributed by atoms with Crippen molar-refractivity contribution >= 4 is 5.95 Å². The molecule has 0 bridgehead atoms. The van der Waals surface area contributed by atoms with E-state index in [1.54, 1.807) is 0 Å². The summed E-state index contributed by atoms with van der Waals surface area (Å²) in [7, 11) is 0. The summed E-state index contributed by atoms with van der Waals surface area (Å²) in [5.41, 5.74) is 0.932. The maximum absolute atomic E-state index is 5.42. The highest BCUT2D eigenvalue weighted by atomic mass is 16.5. The van der Waals surface area contributed by atoms with Crippen LogP contribution in [0.1, 0.15) is 25.5 Å². The van der Waals surface area contributed by atoms with Crippen molar-refractivity contribution in [1.82, 2.24) is 15.3 Å². The number of aryl methyl sites for hydroxylation is 1. The Morgan fingerprint density at radius 1 is 1.39 bits per heavy atom. The second-order valence-corrected chi connectivity index (χ2v) is 4.68. The molecule has 0 radical (unpaired) electrons. The fourth-order valence-electron chi connectivity index (χ4n) is 2.16. The normalized spacial score (nSPS) is 16.6. The Kier molecular flexibility index (Phi) is 4.75. The third-order valence-electron chi connectivity index (χ3n) is 3.13. The molecule has 5 nitrogen and oxygen atoms in total. The molecule has 0 aliphatic carbocycles. The lowest BCUT2D eigenvalue weighted by molar-refractivity contribution is 0.326. The summed E-state index contributed by atoms with van der Waals surface area (Å²) in [4.78, 5) is 8.73. The second kappa shape index (κ2) is 6.54. The SMILES string of the molecule is CCOc1cc(C)nc(NCC2CCNCC2)n1. The van der Waals surface area contributed by atoms with E-state index in [1.807, 2.05) is 19.9 Å². The summed E-state index contributed by atoms with van der Waals surface area (Å²) in [5.74, 6) is 2.04. The third-order valence-corrected chi connectivity index (χ3v) is 3.13. The minimum absolute atomic E-state index is 0.629. The van der Waals surface area contributed by atoms with Gasteiger partial charge in [-0.05, 0) is 45.7 Å². The Bertz CT molecular complexity index is 377. The van der Waals surface area contributed by atoms with Crippen LogP contribution in [0.3, 0.4) is 0 Å². The zero-order valence-corrected chi connectivity index (χ0v) is 11.2. The van der Waals surface area contributed by atoms with E-state index in [1.165, 1.54) is 12.8 Å². The molecule has 5 heteroatoms. The molecule has 0 aromatic carbocycles. The highest BCUT2D eigenvalue weighted by Crippen LogP contribution is 2.15. The molecule has 0 spiro atoms. The predicted octanol–water partition coefficient (Wildman–Crippen LogP) is 1.60. The van der Waals surface area contributed by atoms with Crippen LogP contribution in [0, 0.1) is 12.8 Å². The Labute approximate surface area is 108 Å². The minimum Gasteiger partial charge on any atom is -0.478 e. The standard InChI is InChI=1S/C13H22N4O/c1-3-18-12-8-10(2)16-13(17-12)15-9-11-4-6-14-7-5-11/h8,11,14H,3-7,9H2,1-2H3,(H,15,16,17). The van der Waals surface area contributed by atoms with E-state index in [9.17, 15) is 0 Å². The van der Waals surface area contributed by atoms with Gasteiger partial charge in [0.05, 0.1) is 6.61 Å². The highest BCUT2D eigenvalue weighted by Gasteiger charge is 2.13. The average Bonchev–Trinajstić information content (AvgIpc) is 2.37. The number of ether oxygens (including phenoxy) is 1. The lowest BCUT2D eigenvalue weighted by Gasteiger charge is -2.22. The molecule has 1 aliphatic rings. The van der Waals surface area contributed by atoms with Gasteiger partial charge in [0, 0.05) is 18.3 Å². The first kappa shape index (κ1) is 13.1. The molecule has 1 aromatic rings. The number of anilines is 1. The van der Waals surface area contributed by atoms with Crippen LogP contribution >= 0.6 is 0 Å². The first-order valence-corrected chi connectivity index (χ1v) is 6.71. The zero-order chi connectivity index (χ0) is 12.8. The number of nitrogens with zero attached hydrogens (tertiary/aromatic N) is 2. The number of piperidine rings is 1. The molecule has 0 atom stereocenters. The van der Waals surface area contributed by atoms with Gasteiger partial charge in [0.15, 0.2) is 0 Å². The number of aromatic nitrogens is 2. The molecule has 2 rings (SSSR count). The first-order valence-electron chi connectivity index (χ1n) is 6.71. The molecule has 0 saturated carbocycles. The smallest absolute Gasteiger partial charge is 0.226 e. The van der Waals surface area contributed by atoms with Crippen molar-refractivity contribution in [3.8, 4) is 5.88 Å². The fraction of sp³-hybridized carbons (Fsp3) is 0.692. The molecule has 1 saturated heterocycles. The summed E-state index contributed by atoms with van der Waals surface area (Å²) in [6.45, 7) is 7.72. The second-order valence-electron chi connectivity index (χ2n) is 4.68. The van der Waals surface area contributed by atoms with Crippen LogP contribution in [0.2, 0.25) is 0 Å². The van der Waals surface area contributed by atoms with E-state index in [0.29, 0.717) is 24.4 Å². The number of nitrogens with one attached hydrogen (secondary N) is 2. The van der Waals surface area contributed by atoms with Gasteiger partial charge < -0.3 is 15.4 Å². The van der Waals surface area contributed by atoms with Crippen molar-refractivity contribution in [3.63, 3.8) is 0 Å². The van der Waals surface area contributed by atoms with Crippen molar-refractivity contribution in [3.05, 3.63) is 11.8 Å². The van der Waals surface area contributed by atoms with Crippen molar-refractivity contribution in [2.45, 2.75) is 26.7 Å². The Balaban J connectivity index is 1.91. The summed E-state index contributed by atoms with van der Waals surface area (Å²) in [6, 6.07) is 1.86. The van der Waals surface area contributed by atoms with E-state index in [4.69, 9.17) is 4.74 Å². The van der Waals surface area contributed by atoms with Crippen LogP contribution in [-0.2, 0) is 0 Å². The van der Waals surface area contributed by atoms with Gasteiger partial charge in [-0.15, -0.1) is 0 Å². The van der Waals surface area contributed by atoms with E-state index in [-0.39, 0.29) is 0 Å². The van der Waals surface area contributed by atoms with Gasteiger partial charge in [-0.25, -0.2) is 4.98 Å². The highest BCUT2D eigenvalue weighted by molar-refractivity contribution is 5.30. The number of hydrogen-bond donors (Lipinski definition) is 2. The van der Waals surface area contributed by atoms with Crippen LogP contribution < -0.4 is 15.4 Å². The number of hydrogen-bond acceptors (Lipinski definition) is 5. The molecule has 2 heterocycles. The van der Waals surface area contributed by atoms with Gasteiger partial charge in [0.2, 0.25) is 11.8 Å². The summed E-state index contributed by atoms with van der Waals surface area (Å²) in [5, 5.41) is 6.69. The van der Waals surface area contributed by atoms with Crippen molar-refractivity contribution in [2.75, 3.05) is 31.6 Å². The van der Waals surface area contributed by atoms with Gasteiger partial charge >= 0.3 is 0 Å². The van der Waals surface area contributed by atoms with Crippen LogP contribution in [-0.4, -0.2) is 36.2 Å². The van der Waals surface area contributed by atoms with E-state index < -0.39 is 0 Å². The third kappa shape index (κ3) is 3.84. The van der Waals surface area contributed by atoms with Crippen LogP contribution in [0.25, 0.3) is 0 Å². The van der Waals surface area contributed by atoms with Crippen molar-refractivity contribution in [1.29, 1.82) is 0 Å². The van der Waals surface area contributed by atoms with Gasteiger partial charge in [0.1, 0.15) is 0 Å². The number of rotatable bonds is 5. The van der Waals surface area contributed by atoms with Crippen molar-refractivity contribution in [2.24, 2.45) is 5.92 Å². The maximum Gasteiger partial charge on any atom is 0.226 e. The largest absolute Gasteiger partial charge is 0.478 e. The molecular formula is C13H22N4O. The first-order chi connectivity index (χ1) is 8.78. The van der Waals surface area contributed by atoms with E-state index in [2.05, 4.69) is 20.6 Å². The molecule has 100 valence electrons. The molecule has 1 fully saturated rings.